The van der Waals surface area contributed by atoms with E-state index in [0.717, 1.165) is 0 Å². The summed E-state index contributed by atoms with van der Waals surface area (Å²) in [6, 6.07) is 0. The van der Waals surface area contributed by atoms with E-state index in [4.69, 9.17) is 0 Å². The number of rotatable bonds is 4. The van der Waals surface area contributed by atoms with Crippen LogP contribution in [0.4, 0.5) is 0 Å². The minimum atomic E-state index is -3.48. The Balaban J connectivity index is 5.15. The summed E-state index contributed by atoms with van der Waals surface area (Å²) in [6.07, 6.45) is 0. The molecule has 6 heteroatoms. The molecule has 0 aromatic heterocycles. The summed E-state index contributed by atoms with van der Waals surface area (Å²) < 4.78 is 44.2. The van der Waals surface area contributed by atoms with Crippen LogP contribution in [0.1, 0.15) is 20.8 Å². The molecule has 0 aromatic rings. The van der Waals surface area contributed by atoms with Crippen molar-refractivity contribution in [1.29, 1.82) is 0 Å². The van der Waals surface area contributed by atoms with Gasteiger partial charge in [-0.3, -0.25) is 0 Å². The highest BCUT2D eigenvalue weighted by atomic mass is 32.2. The standard InChI is InChI=1S/C7H13O4S2/c1-4-12(8,9)6-7(3)13(10,11)5-2/h4-5H2,1-3H3. The monoisotopic (exact) mass is 225 g/mol. The summed E-state index contributed by atoms with van der Waals surface area (Å²) in [5.74, 6) is -0.241. The highest BCUT2D eigenvalue weighted by Crippen LogP contribution is 2.07. The highest BCUT2D eigenvalue weighted by molar-refractivity contribution is 7.97. The lowest BCUT2D eigenvalue weighted by Gasteiger charge is -1.99. The van der Waals surface area contributed by atoms with Crippen molar-refractivity contribution in [3.63, 3.8) is 0 Å². The third kappa shape index (κ3) is 3.91. The van der Waals surface area contributed by atoms with Gasteiger partial charge in [-0.1, -0.05) is 13.8 Å². The second kappa shape index (κ2) is 4.23. The third-order valence-corrected chi connectivity index (χ3v) is 4.83. The second-order valence-corrected chi connectivity index (χ2v) is 6.90. The molecule has 0 heterocycles. The number of sulfone groups is 2. The van der Waals surface area contributed by atoms with Crippen molar-refractivity contribution in [2.45, 2.75) is 20.8 Å². The van der Waals surface area contributed by atoms with Crippen LogP contribution >= 0.6 is 0 Å². The van der Waals surface area contributed by atoms with E-state index in [1.807, 2.05) is 5.41 Å². The Bertz CT molecular complexity index is 386. The highest BCUT2D eigenvalue weighted by Gasteiger charge is 2.14. The fourth-order valence-corrected chi connectivity index (χ4v) is 2.48. The van der Waals surface area contributed by atoms with Crippen LogP contribution in [-0.2, 0) is 19.7 Å². The average molecular weight is 225 g/mol. The van der Waals surface area contributed by atoms with Crippen LogP contribution in [0.2, 0.25) is 0 Å². The molecule has 0 saturated carbocycles. The zero-order valence-electron chi connectivity index (χ0n) is 7.86. The molecular weight excluding hydrogens is 212 g/mol. The van der Waals surface area contributed by atoms with Gasteiger partial charge in [0.2, 0.25) is 0 Å². The molecule has 0 aliphatic carbocycles. The zero-order valence-corrected chi connectivity index (χ0v) is 9.50. The quantitative estimate of drug-likeness (QED) is 0.699. The van der Waals surface area contributed by atoms with Crippen molar-refractivity contribution in [3.05, 3.63) is 10.3 Å². The molecule has 0 bridgehead atoms. The lowest BCUT2D eigenvalue weighted by Crippen LogP contribution is -2.08. The second-order valence-electron chi connectivity index (χ2n) is 2.47. The van der Waals surface area contributed by atoms with Gasteiger partial charge in [0.1, 0.15) is 5.41 Å². The molecule has 0 rings (SSSR count). The van der Waals surface area contributed by atoms with Crippen molar-refractivity contribution >= 4 is 19.7 Å². The van der Waals surface area contributed by atoms with Gasteiger partial charge in [-0.25, -0.2) is 16.8 Å². The molecule has 0 amide bonds. The molecule has 0 spiro atoms. The first-order valence-corrected chi connectivity index (χ1v) is 7.12. The number of hydrogen-bond donors (Lipinski definition) is 0. The van der Waals surface area contributed by atoms with E-state index in [1.54, 1.807) is 0 Å². The molecule has 0 aliphatic heterocycles. The van der Waals surface area contributed by atoms with Crippen LogP contribution in [0.5, 0.6) is 0 Å². The van der Waals surface area contributed by atoms with Crippen LogP contribution in [0.15, 0.2) is 4.91 Å². The molecular formula is C7H13O4S2. The van der Waals surface area contributed by atoms with E-state index in [2.05, 4.69) is 0 Å². The van der Waals surface area contributed by atoms with Crippen molar-refractivity contribution in [2.75, 3.05) is 11.5 Å². The summed E-state index contributed by atoms with van der Waals surface area (Å²) in [6.45, 7) is 4.14. The minimum Gasteiger partial charge on any atom is -0.224 e. The van der Waals surface area contributed by atoms with Gasteiger partial charge in [0.25, 0.3) is 0 Å². The van der Waals surface area contributed by atoms with E-state index in [1.165, 1.54) is 20.8 Å². The van der Waals surface area contributed by atoms with Crippen molar-refractivity contribution < 1.29 is 16.8 Å². The maximum atomic E-state index is 11.1. The van der Waals surface area contributed by atoms with Crippen molar-refractivity contribution in [3.8, 4) is 0 Å². The average Bonchev–Trinajstić information content (AvgIpc) is 2.04. The zero-order chi connectivity index (χ0) is 10.7. The summed E-state index contributed by atoms with van der Waals surface area (Å²) in [5.41, 5.74) is 0. The lowest BCUT2D eigenvalue weighted by molar-refractivity contribution is 0.598. The third-order valence-electron chi connectivity index (χ3n) is 1.53. The molecule has 0 fully saturated rings. The van der Waals surface area contributed by atoms with E-state index in [-0.39, 0.29) is 16.4 Å². The Kier molecular flexibility index (Phi) is 4.12. The predicted octanol–water partition coefficient (Wildman–Crippen LogP) is 0.520. The van der Waals surface area contributed by atoms with Crippen LogP contribution in [-0.4, -0.2) is 28.3 Å². The first kappa shape index (κ1) is 12.6. The molecule has 0 unspecified atom stereocenters. The SMILES string of the molecule is CCS(=O)(=O)[C]=C(C)S(=O)(=O)CC. The van der Waals surface area contributed by atoms with Gasteiger partial charge in [0.05, 0.1) is 16.4 Å². The Morgan fingerprint density at radius 1 is 1.08 bits per heavy atom. The van der Waals surface area contributed by atoms with E-state index in [9.17, 15) is 16.8 Å². The fraction of sp³-hybridized carbons (Fsp3) is 0.714. The molecule has 0 aromatic carbocycles. The van der Waals surface area contributed by atoms with Gasteiger partial charge in [0, 0.05) is 0 Å². The van der Waals surface area contributed by atoms with Crippen LogP contribution in [0.3, 0.4) is 0 Å². The van der Waals surface area contributed by atoms with E-state index in [0.29, 0.717) is 0 Å². The molecule has 13 heavy (non-hydrogen) atoms. The molecule has 0 aliphatic rings. The number of hydrogen-bond acceptors (Lipinski definition) is 4. The van der Waals surface area contributed by atoms with Crippen LogP contribution in [0, 0.1) is 5.41 Å². The molecule has 77 valence electrons. The van der Waals surface area contributed by atoms with Gasteiger partial charge < -0.3 is 0 Å². The Hall–Kier alpha value is -0.360. The molecule has 4 nitrogen and oxygen atoms in total. The van der Waals surface area contributed by atoms with Gasteiger partial charge in [0.15, 0.2) is 19.7 Å². The molecule has 0 N–H and O–H groups in total. The van der Waals surface area contributed by atoms with E-state index >= 15 is 0 Å². The van der Waals surface area contributed by atoms with Gasteiger partial charge in [-0.05, 0) is 6.92 Å². The molecule has 0 atom stereocenters. The Labute approximate surface area is 79.5 Å². The van der Waals surface area contributed by atoms with E-state index < -0.39 is 19.7 Å². The fourth-order valence-electron chi connectivity index (χ4n) is 0.571. The predicted molar refractivity (Wildman–Crippen MR) is 51.4 cm³/mol. The van der Waals surface area contributed by atoms with Crippen molar-refractivity contribution in [2.24, 2.45) is 0 Å². The summed E-state index contributed by atoms with van der Waals surface area (Å²) in [7, 11) is -6.89. The molecule has 1 radical (unpaired) electrons. The van der Waals surface area contributed by atoms with Gasteiger partial charge in [-0.2, -0.15) is 0 Å². The molecule has 0 saturated heterocycles. The van der Waals surface area contributed by atoms with Gasteiger partial charge >= 0.3 is 0 Å². The topological polar surface area (TPSA) is 68.3 Å². The van der Waals surface area contributed by atoms with Crippen LogP contribution in [0.25, 0.3) is 0 Å². The summed E-state index contributed by atoms with van der Waals surface area (Å²) in [4.78, 5) is -0.211. The maximum absolute atomic E-state index is 11.1. The summed E-state index contributed by atoms with van der Waals surface area (Å²) >= 11 is 0. The Morgan fingerprint density at radius 3 is 1.85 bits per heavy atom. The Morgan fingerprint density at radius 2 is 1.54 bits per heavy atom. The number of allylic oxidation sites excluding steroid dienone is 1. The normalized spacial score (nSPS) is 14.5. The largest absolute Gasteiger partial charge is 0.224 e. The lowest BCUT2D eigenvalue weighted by atomic mass is 10.8. The smallest absolute Gasteiger partial charge is 0.180 e. The summed E-state index contributed by atoms with van der Waals surface area (Å²) in [5, 5.41) is 2.00. The van der Waals surface area contributed by atoms with Crippen LogP contribution < -0.4 is 0 Å². The first-order chi connectivity index (χ1) is 5.75. The van der Waals surface area contributed by atoms with Gasteiger partial charge in [-0.15, -0.1) is 0 Å². The first-order valence-electron chi connectivity index (χ1n) is 3.82. The minimum absolute atomic E-state index is 0.106. The maximum Gasteiger partial charge on any atom is 0.180 e. The van der Waals surface area contributed by atoms with Crippen molar-refractivity contribution in [1.82, 2.24) is 0 Å².